The van der Waals surface area contributed by atoms with Crippen LogP contribution >= 0.6 is 15.9 Å². The molecule has 3 rings (SSSR count). The van der Waals surface area contributed by atoms with E-state index < -0.39 is 0 Å². The molecule has 0 bridgehead atoms. The van der Waals surface area contributed by atoms with E-state index >= 15 is 0 Å². The van der Waals surface area contributed by atoms with Gasteiger partial charge in [0.15, 0.2) is 5.82 Å². The second kappa shape index (κ2) is 6.66. The van der Waals surface area contributed by atoms with Crippen molar-refractivity contribution < 1.29 is 0 Å². The van der Waals surface area contributed by atoms with Crippen LogP contribution in [0.4, 0.5) is 5.82 Å². The van der Waals surface area contributed by atoms with Gasteiger partial charge in [-0.1, -0.05) is 28.1 Å². The zero-order chi connectivity index (χ0) is 15.4. The van der Waals surface area contributed by atoms with Crippen LogP contribution in [0.25, 0.3) is 11.4 Å². The van der Waals surface area contributed by atoms with Gasteiger partial charge in [0.2, 0.25) is 0 Å². The summed E-state index contributed by atoms with van der Waals surface area (Å²) in [5.74, 6) is 1.50. The number of nitrogens with zero attached hydrogens (tertiary/aromatic N) is 3. The molecule has 2 aromatic heterocycles. The zero-order valence-electron chi connectivity index (χ0n) is 12.1. The number of hydrogen-bond acceptors (Lipinski definition) is 4. The summed E-state index contributed by atoms with van der Waals surface area (Å²) in [6, 6.07) is 14.0. The van der Waals surface area contributed by atoms with E-state index in [4.69, 9.17) is 0 Å². The number of anilines is 1. The number of benzene rings is 1. The number of aryl methyl sites for hydroxylation is 1. The summed E-state index contributed by atoms with van der Waals surface area (Å²) in [7, 11) is 0. The molecule has 0 radical (unpaired) electrons. The Hall–Kier alpha value is -2.27. The first-order valence-corrected chi connectivity index (χ1v) is 7.74. The van der Waals surface area contributed by atoms with Crippen LogP contribution in [0.1, 0.15) is 11.3 Å². The van der Waals surface area contributed by atoms with E-state index in [2.05, 4.69) is 48.3 Å². The summed E-state index contributed by atoms with van der Waals surface area (Å²) in [5, 5.41) is 3.34. The minimum absolute atomic E-state index is 0.686. The van der Waals surface area contributed by atoms with Gasteiger partial charge in [-0.15, -0.1) is 0 Å². The second-order valence-electron chi connectivity index (χ2n) is 4.94. The number of pyridine rings is 1. The van der Waals surface area contributed by atoms with Gasteiger partial charge in [-0.2, -0.15) is 0 Å². The molecule has 5 heteroatoms. The number of aromatic nitrogens is 3. The molecule has 0 aliphatic rings. The monoisotopic (exact) mass is 354 g/mol. The first-order valence-electron chi connectivity index (χ1n) is 6.95. The molecule has 0 fully saturated rings. The van der Waals surface area contributed by atoms with E-state index in [1.807, 2.05) is 37.3 Å². The van der Waals surface area contributed by atoms with E-state index in [0.717, 1.165) is 28.1 Å². The van der Waals surface area contributed by atoms with Crippen molar-refractivity contribution in [3.05, 3.63) is 70.6 Å². The van der Waals surface area contributed by atoms with Crippen LogP contribution in [-0.4, -0.2) is 15.0 Å². The van der Waals surface area contributed by atoms with Gasteiger partial charge in [0.1, 0.15) is 5.82 Å². The third-order valence-electron chi connectivity index (χ3n) is 3.16. The van der Waals surface area contributed by atoms with Gasteiger partial charge in [0.25, 0.3) is 0 Å². The molecule has 0 saturated carbocycles. The summed E-state index contributed by atoms with van der Waals surface area (Å²) in [6.45, 7) is 2.68. The topological polar surface area (TPSA) is 50.7 Å². The van der Waals surface area contributed by atoms with Gasteiger partial charge < -0.3 is 5.32 Å². The molecule has 0 saturated heterocycles. The lowest BCUT2D eigenvalue weighted by molar-refractivity contribution is 1.06. The van der Waals surface area contributed by atoms with Crippen LogP contribution in [0.2, 0.25) is 0 Å². The summed E-state index contributed by atoms with van der Waals surface area (Å²) in [6.07, 6.45) is 3.51. The van der Waals surface area contributed by atoms with E-state index in [1.165, 1.54) is 5.56 Å². The summed E-state index contributed by atoms with van der Waals surface area (Å²) in [5.41, 5.74) is 3.03. The lowest BCUT2D eigenvalue weighted by Crippen LogP contribution is -2.04. The highest BCUT2D eigenvalue weighted by atomic mass is 79.9. The Morgan fingerprint density at radius 2 is 1.91 bits per heavy atom. The maximum Gasteiger partial charge on any atom is 0.163 e. The van der Waals surface area contributed by atoms with Gasteiger partial charge in [0.05, 0.1) is 0 Å². The predicted molar refractivity (Wildman–Crippen MR) is 91.5 cm³/mol. The van der Waals surface area contributed by atoms with Crippen LogP contribution in [0.15, 0.2) is 59.3 Å². The zero-order valence-corrected chi connectivity index (χ0v) is 13.7. The van der Waals surface area contributed by atoms with Gasteiger partial charge in [-0.3, -0.25) is 4.98 Å². The maximum absolute atomic E-state index is 4.56. The highest BCUT2D eigenvalue weighted by Gasteiger charge is 2.05. The highest BCUT2D eigenvalue weighted by molar-refractivity contribution is 9.10. The molecular formula is C17H15BrN4. The van der Waals surface area contributed by atoms with E-state index in [9.17, 15) is 0 Å². The van der Waals surface area contributed by atoms with Gasteiger partial charge >= 0.3 is 0 Å². The summed E-state index contributed by atoms with van der Waals surface area (Å²) < 4.78 is 1.08. The summed E-state index contributed by atoms with van der Waals surface area (Å²) in [4.78, 5) is 13.2. The molecule has 0 aliphatic carbocycles. The number of hydrogen-bond donors (Lipinski definition) is 1. The van der Waals surface area contributed by atoms with Crippen LogP contribution in [0.5, 0.6) is 0 Å². The number of nitrogens with one attached hydrogen (secondary N) is 1. The molecular weight excluding hydrogens is 340 g/mol. The van der Waals surface area contributed by atoms with Crippen molar-refractivity contribution in [1.82, 2.24) is 15.0 Å². The van der Waals surface area contributed by atoms with Crippen molar-refractivity contribution in [2.45, 2.75) is 13.5 Å². The molecule has 0 spiro atoms. The fourth-order valence-electron chi connectivity index (χ4n) is 2.08. The normalized spacial score (nSPS) is 10.5. The van der Waals surface area contributed by atoms with Crippen molar-refractivity contribution in [2.75, 3.05) is 5.32 Å². The molecule has 110 valence electrons. The fraction of sp³-hybridized carbons (Fsp3) is 0.118. The van der Waals surface area contributed by atoms with Crippen molar-refractivity contribution in [2.24, 2.45) is 0 Å². The first kappa shape index (κ1) is 14.7. The van der Waals surface area contributed by atoms with Gasteiger partial charge in [0, 0.05) is 40.7 Å². The molecule has 1 aromatic carbocycles. The minimum Gasteiger partial charge on any atom is -0.366 e. The molecule has 3 aromatic rings. The highest BCUT2D eigenvalue weighted by Crippen LogP contribution is 2.17. The standard InChI is InChI=1S/C17H15BrN4/c1-12-9-16(20-10-13-4-6-15(18)7-5-13)22-17(21-12)14-3-2-8-19-11-14/h2-9,11H,10H2,1H3,(H,20,21,22). The fourth-order valence-corrected chi connectivity index (χ4v) is 2.34. The predicted octanol–water partition coefficient (Wildman–Crippen LogP) is 4.22. The quantitative estimate of drug-likeness (QED) is 0.761. The molecule has 0 unspecified atom stereocenters. The Labute approximate surface area is 137 Å². The largest absolute Gasteiger partial charge is 0.366 e. The van der Waals surface area contributed by atoms with Gasteiger partial charge in [-0.05, 0) is 36.8 Å². The first-order chi connectivity index (χ1) is 10.7. The Morgan fingerprint density at radius 1 is 1.09 bits per heavy atom. The number of halogens is 1. The maximum atomic E-state index is 4.56. The molecule has 22 heavy (non-hydrogen) atoms. The molecule has 4 nitrogen and oxygen atoms in total. The van der Waals surface area contributed by atoms with Crippen LogP contribution in [0, 0.1) is 6.92 Å². The van der Waals surface area contributed by atoms with Crippen molar-refractivity contribution in [3.63, 3.8) is 0 Å². The lowest BCUT2D eigenvalue weighted by Gasteiger charge is -2.09. The molecule has 0 atom stereocenters. The van der Waals surface area contributed by atoms with Crippen LogP contribution < -0.4 is 5.32 Å². The van der Waals surface area contributed by atoms with E-state index in [1.54, 1.807) is 12.4 Å². The minimum atomic E-state index is 0.686. The Kier molecular flexibility index (Phi) is 4.44. The third kappa shape index (κ3) is 3.68. The average molecular weight is 355 g/mol. The van der Waals surface area contributed by atoms with Gasteiger partial charge in [-0.25, -0.2) is 9.97 Å². The number of rotatable bonds is 4. The van der Waals surface area contributed by atoms with E-state index in [0.29, 0.717) is 5.82 Å². The Bertz CT molecular complexity index is 757. The van der Waals surface area contributed by atoms with Crippen molar-refractivity contribution >= 4 is 21.7 Å². The van der Waals surface area contributed by atoms with Crippen LogP contribution in [-0.2, 0) is 6.54 Å². The average Bonchev–Trinajstić information content (AvgIpc) is 2.55. The molecule has 0 aliphatic heterocycles. The summed E-state index contributed by atoms with van der Waals surface area (Å²) >= 11 is 3.44. The molecule has 2 heterocycles. The molecule has 0 amide bonds. The van der Waals surface area contributed by atoms with Crippen molar-refractivity contribution in [1.29, 1.82) is 0 Å². The SMILES string of the molecule is Cc1cc(NCc2ccc(Br)cc2)nc(-c2cccnc2)n1. The van der Waals surface area contributed by atoms with E-state index in [-0.39, 0.29) is 0 Å². The Balaban J connectivity index is 1.79. The Morgan fingerprint density at radius 3 is 2.64 bits per heavy atom. The third-order valence-corrected chi connectivity index (χ3v) is 3.69. The van der Waals surface area contributed by atoms with Crippen LogP contribution in [0.3, 0.4) is 0 Å². The van der Waals surface area contributed by atoms with Crippen molar-refractivity contribution in [3.8, 4) is 11.4 Å². The lowest BCUT2D eigenvalue weighted by atomic mass is 10.2. The molecule has 1 N–H and O–H groups in total. The smallest absolute Gasteiger partial charge is 0.163 e. The second-order valence-corrected chi connectivity index (χ2v) is 5.86.